The summed E-state index contributed by atoms with van der Waals surface area (Å²) in [7, 11) is 1.57. The van der Waals surface area contributed by atoms with E-state index in [1.165, 1.54) is 4.90 Å². The van der Waals surface area contributed by atoms with Crippen LogP contribution in [0.3, 0.4) is 0 Å². The van der Waals surface area contributed by atoms with Crippen LogP contribution in [0, 0.1) is 11.8 Å². The molecule has 186 valence electrons. The standard InChI is InChI=1S/C26H37N3O5/c1-5-10-16(3)28-23(32)21-26-14-13-25(6-2,34-26)19(22(31)27-4)20(26)24(33)29(21)18(15-30)17-11-8-7-9-12-17/h7-9,11-12,16,18-21,30H,5-6,10,13-15H2,1-4H3,(H,27,31)(H,28,32)/t16?,18-,19+,20+,21?,25-,26?/m1/s1. The van der Waals surface area contributed by atoms with Gasteiger partial charge in [-0.15, -0.1) is 0 Å². The van der Waals surface area contributed by atoms with E-state index in [9.17, 15) is 19.5 Å². The fourth-order valence-corrected chi connectivity index (χ4v) is 6.70. The van der Waals surface area contributed by atoms with Crippen LogP contribution in [0.5, 0.6) is 0 Å². The molecule has 0 radical (unpaired) electrons. The van der Waals surface area contributed by atoms with E-state index in [2.05, 4.69) is 17.6 Å². The first-order valence-corrected chi connectivity index (χ1v) is 12.5. The number of hydrogen-bond donors (Lipinski definition) is 3. The molecule has 2 bridgehead atoms. The monoisotopic (exact) mass is 471 g/mol. The van der Waals surface area contributed by atoms with Crippen molar-refractivity contribution in [3.8, 4) is 0 Å². The van der Waals surface area contributed by atoms with Crippen molar-refractivity contribution in [2.75, 3.05) is 13.7 Å². The van der Waals surface area contributed by atoms with Gasteiger partial charge in [0.25, 0.3) is 0 Å². The third kappa shape index (κ3) is 3.53. The Hall–Kier alpha value is -2.45. The summed E-state index contributed by atoms with van der Waals surface area (Å²) in [6, 6.07) is 7.54. The molecule has 3 aliphatic heterocycles. The summed E-state index contributed by atoms with van der Waals surface area (Å²) in [5, 5.41) is 16.2. The number of benzene rings is 1. The van der Waals surface area contributed by atoms with E-state index in [1.807, 2.05) is 44.2 Å². The largest absolute Gasteiger partial charge is 0.394 e. The molecule has 3 saturated heterocycles. The zero-order valence-corrected chi connectivity index (χ0v) is 20.5. The van der Waals surface area contributed by atoms with Gasteiger partial charge in [0.15, 0.2) is 0 Å². The Morgan fingerprint density at radius 2 is 1.91 bits per heavy atom. The number of fused-ring (bicyclic) bond motifs is 1. The van der Waals surface area contributed by atoms with Crippen LogP contribution in [0.15, 0.2) is 30.3 Å². The Morgan fingerprint density at radius 3 is 2.50 bits per heavy atom. The molecule has 3 unspecified atom stereocenters. The topological polar surface area (TPSA) is 108 Å². The van der Waals surface area contributed by atoms with Crippen LogP contribution < -0.4 is 10.6 Å². The molecule has 3 heterocycles. The van der Waals surface area contributed by atoms with Crippen molar-refractivity contribution < 1.29 is 24.2 Å². The Labute approximate surface area is 201 Å². The number of nitrogens with zero attached hydrogens (tertiary/aromatic N) is 1. The number of nitrogens with one attached hydrogen (secondary N) is 2. The van der Waals surface area contributed by atoms with Crippen LogP contribution >= 0.6 is 0 Å². The third-order valence-corrected chi connectivity index (χ3v) is 8.20. The summed E-state index contributed by atoms with van der Waals surface area (Å²) in [5.41, 5.74) is -1.12. The van der Waals surface area contributed by atoms with Gasteiger partial charge < -0.3 is 25.4 Å². The fourth-order valence-electron chi connectivity index (χ4n) is 6.70. The van der Waals surface area contributed by atoms with Gasteiger partial charge in [-0.25, -0.2) is 0 Å². The number of likely N-dealkylation sites (tertiary alicyclic amines) is 1. The first-order chi connectivity index (χ1) is 16.3. The van der Waals surface area contributed by atoms with Crippen molar-refractivity contribution in [2.45, 2.75) is 82.2 Å². The number of amides is 3. The van der Waals surface area contributed by atoms with E-state index in [-0.39, 0.29) is 30.4 Å². The predicted octanol–water partition coefficient (Wildman–Crippen LogP) is 1.93. The molecular formula is C26H37N3O5. The number of aliphatic hydroxyl groups is 1. The van der Waals surface area contributed by atoms with E-state index in [0.717, 1.165) is 18.4 Å². The minimum Gasteiger partial charge on any atom is -0.394 e. The molecule has 4 rings (SSSR count). The first-order valence-electron chi connectivity index (χ1n) is 12.5. The lowest BCUT2D eigenvalue weighted by Gasteiger charge is -2.38. The van der Waals surface area contributed by atoms with Crippen molar-refractivity contribution >= 4 is 17.7 Å². The summed E-state index contributed by atoms with van der Waals surface area (Å²) < 4.78 is 6.70. The lowest BCUT2D eigenvalue weighted by atomic mass is 9.65. The molecule has 3 fully saturated rings. The second-order valence-corrected chi connectivity index (χ2v) is 10.0. The Kier molecular flexibility index (Phi) is 6.75. The van der Waals surface area contributed by atoms with E-state index in [0.29, 0.717) is 19.3 Å². The van der Waals surface area contributed by atoms with Gasteiger partial charge in [-0.3, -0.25) is 14.4 Å². The summed E-state index contributed by atoms with van der Waals surface area (Å²) in [5.74, 6) is -2.25. The normalized spacial score (nSPS) is 33.5. The molecule has 7 atom stereocenters. The van der Waals surface area contributed by atoms with Crippen LogP contribution in [0.4, 0.5) is 0 Å². The second-order valence-electron chi connectivity index (χ2n) is 10.0. The summed E-state index contributed by atoms with van der Waals surface area (Å²) in [4.78, 5) is 42.6. The number of ether oxygens (including phenoxy) is 1. The van der Waals surface area contributed by atoms with Crippen LogP contribution in [0.25, 0.3) is 0 Å². The maximum absolute atomic E-state index is 14.1. The van der Waals surface area contributed by atoms with E-state index in [4.69, 9.17) is 4.74 Å². The maximum Gasteiger partial charge on any atom is 0.246 e. The number of carbonyl (C=O) groups is 3. The molecule has 0 aromatic heterocycles. The number of rotatable bonds is 9. The highest BCUT2D eigenvalue weighted by Gasteiger charge is 2.79. The molecule has 1 aromatic rings. The van der Waals surface area contributed by atoms with Gasteiger partial charge in [-0.1, -0.05) is 50.6 Å². The van der Waals surface area contributed by atoms with Crippen LogP contribution in [0.2, 0.25) is 0 Å². The predicted molar refractivity (Wildman–Crippen MR) is 127 cm³/mol. The Bertz CT molecular complexity index is 940. The molecule has 0 aliphatic carbocycles. The van der Waals surface area contributed by atoms with E-state index in [1.54, 1.807) is 7.05 Å². The van der Waals surface area contributed by atoms with Gasteiger partial charge >= 0.3 is 0 Å². The highest BCUT2D eigenvalue weighted by molar-refractivity contribution is 5.99. The lowest BCUT2D eigenvalue weighted by molar-refractivity contribution is -0.151. The highest BCUT2D eigenvalue weighted by atomic mass is 16.5. The van der Waals surface area contributed by atoms with Crippen molar-refractivity contribution in [1.82, 2.24) is 15.5 Å². The van der Waals surface area contributed by atoms with E-state index >= 15 is 0 Å². The lowest BCUT2D eigenvalue weighted by Crippen LogP contribution is -2.57. The average molecular weight is 472 g/mol. The van der Waals surface area contributed by atoms with Gasteiger partial charge in [0.05, 0.1) is 30.1 Å². The fraction of sp³-hybridized carbons (Fsp3) is 0.654. The molecule has 8 nitrogen and oxygen atoms in total. The molecule has 34 heavy (non-hydrogen) atoms. The number of hydrogen-bond acceptors (Lipinski definition) is 5. The highest BCUT2D eigenvalue weighted by Crippen LogP contribution is 2.65. The average Bonchev–Trinajstić information content (AvgIpc) is 3.44. The quantitative estimate of drug-likeness (QED) is 0.510. The summed E-state index contributed by atoms with van der Waals surface area (Å²) >= 11 is 0. The van der Waals surface area contributed by atoms with Gasteiger partial charge in [-0.05, 0) is 38.2 Å². The molecule has 1 spiro atoms. The van der Waals surface area contributed by atoms with Crippen LogP contribution in [-0.2, 0) is 19.1 Å². The smallest absolute Gasteiger partial charge is 0.246 e. The molecule has 3 N–H and O–H groups in total. The Balaban J connectivity index is 1.83. The minimum absolute atomic E-state index is 0.0670. The first kappa shape index (κ1) is 24.7. The molecular weight excluding hydrogens is 434 g/mol. The summed E-state index contributed by atoms with van der Waals surface area (Å²) in [6.45, 7) is 5.64. The molecule has 3 aliphatic rings. The van der Waals surface area contributed by atoms with Crippen molar-refractivity contribution in [1.29, 1.82) is 0 Å². The molecule has 8 heteroatoms. The van der Waals surface area contributed by atoms with Crippen LogP contribution in [-0.4, -0.2) is 64.7 Å². The zero-order valence-electron chi connectivity index (χ0n) is 20.5. The van der Waals surface area contributed by atoms with Gasteiger partial charge in [0.2, 0.25) is 17.7 Å². The van der Waals surface area contributed by atoms with Gasteiger partial charge in [-0.2, -0.15) is 0 Å². The molecule has 1 aromatic carbocycles. The van der Waals surface area contributed by atoms with E-state index < -0.39 is 35.1 Å². The van der Waals surface area contributed by atoms with Crippen molar-refractivity contribution in [3.63, 3.8) is 0 Å². The second kappa shape index (κ2) is 9.30. The van der Waals surface area contributed by atoms with Crippen LogP contribution in [0.1, 0.15) is 64.5 Å². The molecule has 3 amide bonds. The van der Waals surface area contributed by atoms with Gasteiger partial charge in [0, 0.05) is 13.1 Å². The maximum atomic E-state index is 14.1. The van der Waals surface area contributed by atoms with Crippen molar-refractivity contribution in [2.24, 2.45) is 11.8 Å². The third-order valence-electron chi connectivity index (χ3n) is 8.20. The SMILES string of the molecule is CCCC(C)NC(=O)C1N([C@H](CO)c2ccccc2)C(=O)[C@@H]2[C@@H](C(=O)NC)[C@@]3(CC)CCC12O3. The molecule has 0 saturated carbocycles. The number of aliphatic hydroxyl groups excluding tert-OH is 1. The van der Waals surface area contributed by atoms with Gasteiger partial charge in [0.1, 0.15) is 11.6 Å². The van der Waals surface area contributed by atoms with Crippen molar-refractivity contribution in [3.05, 3.63) is 35.9 Å². The zero-order chi connectivity index (χ0) is 24.7. The Morgan fingerprint density at radius 1 is 1.21 bits per heavy atom. The minimum atomic E-state index is -1.09. The number of carbonyl (C=O) groups excluding carboxylic acids is 3. The summed E-state index contributed by atoms with van der Waals surface area (Å²) in [6.07, 6.45) is 3.45.